The van der Waals surface area contributed by atoms with Crippen molar-refractivity contribution in [3.8, 4) is 0 Å². The first-order valence-electron chi connectivity index (χ1n) is 9.59. The van der Waals surface area contributed by atoms with Gasteiger partial charge in [0.05, 0.1) is 0 Å². The molecule has 0 aromatic heterocycles. The molecule has 1 aliphatic carbocycles. The number of benzene rings is 1. The van der Waals surface area contributed by atoms with Crippen molar-refractivity contribution in [3.05, 3.63) is 35.9 Å². The average molecular weight is 360 g/mol. The fourth-order valence-corrected chi connectivity index (χ4v) is 4.38. The molecular formula is C20H29N3OS. The van der Waals surface area contributed by atoms with Gasteiger partial charge in [0, 0.05) is 32.1 Å². The van der Waals surface area contributed by atoms with E-state index in [0.717, 1.165) is 18.9 Å². The Kier molecular flexibility index (Phi) is 6.68. The zero-order chi connectivity index (χ0) is 17.5. The molecule has 25 heavy (non-hydrogen) atoms. The van der Waals surface area contributed by atoms with E-state index in [1.807, 2.05) is 18.2 Å². The van der Waals surface area contributed by atoms with Gasteiger partial charge >= 0.3 is 0 Å². The molecule has 0 spiro atoms. The summed E-state index contributed by atoms with van der Waals surface area (Å²) < 4.78 is 0. The van der Waals surface area contributed by atoms with Crippen molar-refractivity contribution in [2.24, 2.45) is 5.92 Å². The number of hydrogen-bond donors (Lipinski definition) is 2. The number of hydrogen-bond acceptors (Lipinski definition) is 2. The third-order valence-corrected chi connectivity index (χ3v) is 5.77. The first-order chi connectivity index (χ1) is 12.2. The zero-order valence-corrected chi connectivity index (χ0v) is 15.7. The molecule has 1 aromatic carbocycles. The largest absolute Gasteiger partial charge is 0.362 e. The van der Waals surface area contributed by atoms with Crippen LogP contribution in [0.15, 0.2) is 30.3 Å². The third kappa shape index (κ3) is 5.18. The van der Waals surface area contributed by atoms with E-state index in [1.165, 1.54) is 37.7 Å². The van der Waals surface area contributed by atoms with Crippen molar-refractivity contribution in [3.63, 3.8) is 0 Å². The minimum absolute atomic E-state index is 0.287. The standard InChI is InChI=1S/C20H29N3OS/c24-19(23-14-6-10-17-9-4-5-11-18(17)23)12-13-21-20(25)22-15-16-7-2-1-3-8-16/h1-3,7-8,17-18H,4-6,9-15H2,(H2,21,22,25). The minimum Gasteiger partial charge on any atom is -0.362 e. The van der Waals surface area contributed by atoms with E-state index in [4.69, 9.17) is 12.2 Å². The molecule has 5 heteroatoms. The lowest BCUT2D eigenvalue weighted by molar-refractivity contribution is -0.137. The van der Waals surface area contributed by atoms with E-state index in [1.54, 1.807) is 0 Å². The number of carbonyl (C=O) groups is 1. The number of carbonyl (C=O) groups excluding carboxylic acids is 1. The summed E-state index contributed by atoms with van der Waals surface area (Å²) in [6, 6.07) is 10.7. The molecule has 1 amide bonds. The van der Waals surface area contributed by atoms with Gasteiger partial charge in [0.25, 0.3) is 0 Å². The maximum absolute atomic E-state index is 12.6. The Labute approximate surface area is 156 Å². The molecule has 1 aliphatic heterocycles. The lowest BCUT2D eigenvalue weighted by atomic mass is 9.78. The van der Waals surface area contributed by atoms with Gasteiger partial charge in [-0.15, -0.1) is 0 Å². The summed E-state index contributed by atoms with van der Waals surface area (Å²) >= 11 is 5.31. The maximum atomic E-state index is 12.6. The van der Waals surface area contributed by atoms with E-state index in [-0.39, 0.29) is 5.91 Å². The first-order valence-corrected chi connectivity index (χ1v) is 10.00. The van der Waals surface area contributed by atoms with Crippen molar-refractivity contribution in [1.29, 1.82) is 0 Å². The van der Waals surface area contributed by atoms with Crippen LogP contribution in [0.5, 0.6) is 0 Å². The van der Waals surface area contributed by atoms with Crippen LogP contribution in [0.25, 0.3) is 0 Å². The van der Waals surface area contributed by atoms with Crippen LogP contribution in [-0.4, -0.2) is 35.1 Å². The van der Waals surface area contributed by atoms with Gasteiger partial charge < -0.3 is 15.5 Å². The van der Waals surface area contributed by atoms with Crippen molar-refractivity contribution in [1.82, 2.24) is 15.5 Å². The number of nitrogens with one attached hydrogen (secondary N) is 2. The van der Waals surface area contributed by atoms with Gasteiger partial charge in [0.2, 0.25) is 5.91 Å². The number of thiocarbonyl (C=S) groups is 1. The Morgan fingerprint density at radius 3 is 2.68 bits per heavy atom. The number of likely N-dealkylation sites (tertiary alicyclic amines) is 1. The van der Waals surface area contributed by atoms with Gasteiger partial charge in [-0.3, -0.25) is 4.79 Å². The number of rotatable bonds is 5. The van der Waals surface area contributed by atoms with E-state index < -0.39 is 0 Å². The molecule has 1 aromatic rings. The summed E-state index contributed by atoms with van der Waals surface area (Å²) in [5.41, 5.74) is 1.19. The quantitative estimate of drug-likeness (QED) is 0.793. The van der Waals surface area contributed by atoms with Crippen LogP contribution < -0.4 is 10.6 Å². The second-order valence-corrected chi connectivity index (χ2v) is 7.59. The Bertz CT molecular complexity index is 576. The van der Waals surface area contributed by atoms with Crippen molar-refractivity contribution < 1.29 is 4.79 Å². The summed E-state index contributed by atoms with van der Waals surface area (Å²) in [4.78, 5) is 14.8. The molecule has 2 N–H and O–H groups in total. The second-order valence-electron chi connectivity index (χ2n) is 7.19. The maximum Gasteiger partial charge on any atom is 0.224 e. The molecule has 2 atom stereocenters. The van der Waals surface area contributed by atoms with Gasteiger partial charge in [-0.05, 0) is 49.4 Å². The molecule has 136 valence electrons. The molecule has 2 unspecified atom stereocenters. The highest BCUT2D eigenvalue weighted by molar-refractivity contribution is 7.80. The topological polar surface area (TPSA) is 44.4 Å². The summed E-state index contributed by atoms with van der Waals surface area (Å²) in [7, 11) is 0. The lowest BCUT2D eigenvalue weighted by Gasteiger charge is -2.44. The van der Waals surface area contributed by atoms with Gasteiger partial charge in [-0.2, -0.15) is 0 Å². The lowest BCUT2D eigenvalue weighted by Crippen LogP contribution is -2.50. The summed E-state index contributed by atoms with van der Waals surface area (Å²) in [6.07, 6.45) is 8.11. The highest BCUT2D eigenvalue weighted by Crippen LogP contribution is 2.35. The van der Waals surface area contributed by atoms with Gasteiger partial charge in [-0.1, -0.05) is 43.2 Å². The molecule has 1 saturated heterocycles. The van der Waals surface area contributed by atoms with Crippen LogP contribution in [0, 0.1) is 5.92 Å². The summed E-state index contributed by atoms with van der Waals surface area (Å²) in [6.45, 7) is 2.25. The Hall–Kier alpha value is -1.62. The number of nitrogens with zero attached hydrogens (tertiary/aromatic N) is 1. The molecule has 0 radical (unpaired) electrons. The van der Waals surface area contributed by atoms with E-state index >= 15 is 0 Å². The molecule has 1 heterocycles. The predicted molar refractivity (Wildman–Crippen MR) is 105 cm³/mol. The van der Waals surface area contributed by atoms with E-state index in [2.05, 4.69) is 27.7 Å². The summed E-state index contributed by atoms with van der Waals surface area (Å²) in [5, 5.41) is 6.98. The minimum atomic E-state index is 0.287. The Balaban J connectivity index is 1.37. The fraction of sp³-hybridized carbons (Fsp3) is 0.600. The Morgan fingerprint density at radius 1 is 1.08 bits per heavy atom. The van der Waals surface area contributed by atoms with Crippen LogP contribution in [-0.2, 0) is 11.3 Å². The average Bonchev–Trinajstić information content (AvgIpc) is 2.66. The van der Waals surface area contributed by atoms with Crippen molar-refractivity contribution in [2.75, 3.05) is 13.1 Å². The monoisotopic (exact) mass is 359 g/mol. The Morgan fingerprint density at radius 2 is 1.84 bits per heavy atom. The summed E-state index contributed by atoms with van der Waals surface area (Å²) in [5.74, 6) is 1.03. The molecule has 0 bridgehead atoms. The SMILES string of the molecule is O=C(CCNC(=S)NCc1ccccc1)N1CCCC2CCCCC21. The van der Waals surface area contributed by atoms with Crippen LogP contribution >= 0.6 is 12.2 Å². The van der Waals surface area contributed by atoms with Crippen molar-refractivity contribution >= 4 is 23.2 Å². The molecule has 2 aliphatic rings. The second kappa shape index (κ2) is 9.18. The smallest absolute Gasteiger partial charge is 0.224 e. The van der Waals surface area contributed by atoms with E-state index in [9.17, 15) is 4.79 Å². The predicted octanol–water partition coefficient (Wildman–Crippen LogP) is 3.22. The molecular weight excluding hydrogens is 330 g/mol. The van der Waals surface area contributed by atoms with Gasteiger partial charge in [0.15, 0.2) is 5.11 Å². The number of fused-ring (bicyclic) bond motifs is 1. The van der Waals surface area contributed by atoms with Gasteiger partial charge in [-0.25, -0.2) is 0 Å². The van der Waals surface area contributed by atoms with Crippen LogP contribution in [0.3, 0.4) is 0 Å². The zero-order valence-electron chi connectivity index (χ0n) is 14.9. The highest BCUT2D eigenvalue weighted by atomic mass is 32.1. The fourth-order valence-electron chi connectivity index (χ4n) is 4.20. The van der Waals surface area contributed by atoms with Crippen LogP contribution in [0.4, 0.5) is 0 Å². The molecule has 2 fully saturated rings. The number of amides is 1. The molecule has 3 rings (SSSR count). The first kappa shape index (κ1) is 18.2. The normalized spacial score (nSPS) is 22.8. The molecule has 1 saturated carbocycles. The third-order valence-electron chi connectivity index (χ3n) is 5.48. The van der Waals surface area contributed by atoms with Gasteiger partial charge in [0.1, 0.15) is 0 Å². The highest BCUT2D eigenvalue weighted by Gasteiger charge is 2.35. The van der Waals surface area contributed by atoms with Crippen LogP contribution in [0.1, 0.15) is 50.5 Å². The molecule has 4 nitrogen and oxygen atoms in total. The van der Waals surface area contributed by atoms with Crippen molar-refractivity contribution in [2.45, 2.75) is 57.5 Å². The number of piperidine rings is 1. The van der Waals surface area contributed by atoms with E-state index in [0.29, 0.717) is 30.7 Å². The van der Waals surface area contributed by atoms with Crippen LogP contribution in [0.2, 0.25) is 0 Å².